The second-order valence-electron chi connectivity index (χ2n) is 6.76. The molecule has 0 saturated heterocycles. The minimum absolute atomic E-state index is 0.0487. The molecule has 1 aromatic heterocycles. The molecule has 2 rings (SSSR count). The highest BCUT2D eigenvalue weighted by atomic mass is 35.5. The van der Waals surface area contributed by atoms with Gasteiger partial charge >= 0.3 is 11.9 Å². The zero-order chi connectivity index (χ0) is 21.6. The van der Waals surface area contributed by atoms with Gasteiger partial charge in [-0.05, 0) is 38.0 Å². The van der Waals surface area contributed by atoms with Gasteiger partial charge in [0.2, 0.25) is 0 Å². The molecule has 11 heteroatoms. The van der Waals surface area contributed by atoms with Crippen LogP contribution in [0, 0.1) is 5.82 Å². The number of rotatable bonds is 4. The van der Waals surface area contributed by atoms with Crippen LogP contribution in [0.1, 0.15) is 25.1 Å². The number of aromatic nitrogens is 2. The number of benzene rings is 1. The summed E-state index contributed by atoms with van der Waals surface area (Å²) in [7, 11) is 0.818. The van der Waals surface area contributed by atoms with Crippen LogP contribution in [-0.4, -0.2) is 25.2 Å². The molecule has 2 aromatic rings. The van der Waals surface area contributed by atoms with Gasteiger partial charge in [0, 0.05) is 18.1 Å². The molecule has 0 bridgehead atoms. The Bertz CT molecular complexity index is 1020. The normalized spacial score (nSPS) is 13.6. The van der Waals surface area contributed by atoms with E-state index in [1.54, 1.807) is 0 Å². The first-order valence-electron chi connectivity index (χ1n) is 7.89. The molecular formula is C17H16Cl2F4N2O3. The Labute approximate surface area is 166 Å². The average Bonchev–Trinajstić information content (AvgIpc) is 2.52. The van der Waals surface area contributed by atoms with Crippen molar-refractivity contribution in [2.75, 3.05) is 0 Å². The van der Waals surface area contributed by atoms with Crippen molar-refractivity contribution in [3.63, 3.8) is 0 Å². The molecule has 1 N–H and O–H groups in total. The highest BCUT2D eigenvalue weighted by molar-refractivity contribution is 6.31. The first-order chi connectivity index (χ1) is 12.6. The van der Waals surface area contributed by atoms with Crippen LogP contribution >= 0.6 is 23.2 Å². The highest BCUT2D eigenvalue weighted by Gasteiger charge is 2.35. The Hall–Kier alpha value is -1.84. The summed E-state index contributed by atoms with van der Waals surface area (Å²) in [5.41, 5.74) is -5.88. The molecule has 1 heterocycles. The largest absolute Gasteiger partial charge is 0.431 e. The molecule has 1 atom stereocenters. The second kappa shape index (κ2) is 7.53. The van der Waals surface area contributed by atoms with Crippen LogP contribution < -0.4 is 11.2 Å². The Morgan fingerprint density at radius 2 is 1.75 bits per heavy atom. The quantitative estimate of drug-likeness (QED) is 0.583. The van der Waals surface area contributed by atoms with E-state index in [2.05, 4.69) is 0 Å². The van der Waals surface area contributed by atoms with E-state index in [0.717, 1.165) is 19.2 Å². The molecule has 0 fully saturated rings. The number of nitrogens with zero attached hydrogens (tertiary/aromatic N) is 2. The third-order valence-electron chi connectivity index (χ3n) is 4.13. The summed E-state index contributed by atoms with van der Waals surface area (Å²) < 4.78 is 53.8. The smallest absolute Gasteiger partial charge is 0.389 e. The summed E-state index contributed by atoms with van der Waals surface area (Å²) in [6.45, 7) is 2.89. The zero-order valence-electron chi connectivity index (χ0n) is 14.9. The van der Waals surface area contributed by atoms with Crippen molar-refractivity contribution in [2.45, 2.75) is 37.4 Å². The molecule has 0 saturated carbocycles. The number of hydrogen-bond acceptors (Lipinski definition) is 3. The van der Waals surface area contributed by atoms with E-state index >= 15 is 0 Å². The summed E-state index contributed by atoms with van der Waals surface area (Å²) in [4.78, 5) is 24.5. The summed E-state index contributed by atoms with van der Waals surface area (Å²) in [6, 6.07) is 2.08. The molecule has 0 aliphatic rings. The van der Waals surface area contributed by atoms with Crippen LogP contribution in [0.2, 0.25) is 5.02 Å². The van der Waals surface area contributed by atoms with Crippen LogP contribution in [-0.2, 0) is 19.6 Å². The maximum atomic E-state index is 14.4. The number of hydrogen-bond donors (Lipinski definition) is 1. The summed E-state index contributed by atoms with van der Waals surface area (Å²) >= 11 is 12.1. The third kappa shape index (κ3) is 4.42. The maximum absolute atomic E-state index is 14.4. The third-order valence-corrected chi connectivity index (χ3v) is 5.17. The molecule has 0 aliphatic heterocycles. The predicted molar refractivity (Wildman–Crippen MR) is 96.9 cm³/mol. The van der Waals surface area contributed by atoms with Gasteiger partial charge in [0.25, 0.3) is 5.56 Å². The van der Waals surface area contributed by atoms with Crippen molar-refractivity contribution in [1.29, 1.82) is 0 Å². The van der Waals surface area contributed by atoms with Gasteiger partial charge in [-0.3, -0.25) is 9.36 Å². The van der Waals surface area contributed by atoms with Crippen molar-refractivity contribution < 1.29 is 22.7 Å². The molecule has 0 radical (unpaired) electrons. The van der Waals surface area contributed by atoms with E-state index < -0.39 is 45.6 Å². The standard InChI is InChI=1S/C17H16Cl2F4N2O3/c1-16(2,28)12(19)5-8-4-11(10(20)6-9(8)18)25-14(26)7-13(17(21,22)23)24(3)15(25)27/h4,6-7,12,28H,5H2,1-3H3. The van der Waals surface area contributed by atoms with Gasteiger partial charge in [0.1, 0.15) is 11.5 Å². The van der Waals surface area contributed by atoms with Crippen molar-refractivity contribution in [3.8, 4) is 5.69 Å². The van der Waals surface area contributed by atoms with Crippen LogP contribution in [0.5, 0.6) is 0 Å². The Morgan fingerprint density at radius 3 is 2.25 bits per heavy atom. The fourth-order valence-corrected chi connectivity index (χ4v) is 2.86. The minimum Gasteiger partial charge on any atom is -0.389 e. The van der Waals surface area contributed by atoms with Crippen LogP contribution in [0.15, 0.2) is 27.8 Å². The van der Waals surface area contributed by atoms with E-state index in [1.165, 1.54) is 13.8 Å². The van der Waals surface area contributed by atoms with Crippen LogP contribution in [0.3, 0.4) is 0 Å². The predicted octanol–water partition coefficient (Wildman–Crippen LogP) is 3.27. The minimum atomic E-state index is -4.94. The molecule has 0 spiro atoms. The summed E-state index contributed by atoms with van der Waals surface area (Å²) in [6.07, 6.45) is -4.98. The van der Waals surface area contributed by atoms with Gasteiger partial charge in [0.05, 0.1) is 16.7 Å². The van der Waals surface area contributed by atoms with E-state index in [9.17, 15) is 32.3 Å². The van der Waals surface area contributed by atoms with E-state index in [-0.39, 0.29) is 32.2 Å². The summed E-state index contributed by atoms with van der Waals surface area (Å²) in [5.74, 6) is -1.08. The Morgan fingerprint density at radius 1 is 1.18 bits per heavy atom. The van der Waals surface area contributed by atoms with Crippen molar-refractivity contribution >= 4 is 23.2 Å². The van der Waals surface area contributed by atoms with Gasteiger partial charge < -0.3 is 5.11 Å². The first kappa shape index (κ1) is 22.4. The Kier molecular flexibility index (Phi) is 6.04. The lowest BCUT2D eigenvalue weighted by Gasteiger charge is -2.24. The van der Waals surface area contributed by atoms with Crippen molar-refractivity contribution in [2.24, 2.45) is 7.05 Å². The maximum Gasteiger partial charge on any atom is 0.431 e. The highest BCUT2D eigenvalue weighted by Crippen LogP contribution is 2.29. The molecule has 1 unspecified atom stereocenters. The van der Waals surface area contributed by atoms with E-state index in [0.29, 0.717) is 0 Å². The lowest BCUT2D eigenvalue weighted by Crippen LogP contribution is -2.41. The molecule has 5 nitrogen and oxygen atoms in total. The molecule has 154 valence electrons. The van der Waals surface area contributed by atoms with Crippen molar-refractivity contribution in [1.82, 2.24) is 9.13 Å². The monoisotopic (exact) mass is 442 g/mol. The van der Waals surface area contributed by atoms with Gasteiger partial charge in [-0.15, -0.1) is 11.6 Å². The lowest BCUT2D eigenvalue weighted by molar-refractivity contribution is -0.144. The average molecular weight is 443 g/mol. The fourth-order valence-electron chi connectivity index (χ4n) is 2.47. The van der Waals surface area contributed by atoms with Crippen LogP contribution in [0.4, 0.5) is 17.6 Å². The summed E-state index contributed by atoms with van der Waals surface area (Å²) in [5, 5.41) is 9.02. The topological polar surface area (TPSA) is 64.2 Å². The SMILES string of the molecule is Cn1c(C(F)(F)F)cc(=O)n(-c2cc(CC(Cl)C(C)(C)O)c(Cl)cc2F)c1=O. The second-order valence-corrected chi connectivity index (χ2v) is 7.70. The van der Waals surface area contributed by atoms with Crippen molar-refractivity contribution in [3.05, 3.63) is 61.1 Å². The first-order valence-corrected chi connectivity index (χ1v) is 8.71. The zero-order valence-corrected chi connectivity index (χ0v) is 16.5. The van der Waals surface area contributed by atoms with Gasteiger partial charge in [-0.25, -0.2) is 13.8 Å². The lowest BCUT2D eigenvalue weighted by atomic mass is 9.97. The molecular weight excluding hydrogens is 427 g/mol. The molecule has 28 heavy (non-hydrogen) atoms. The molecule has 0 amide bonds. The van der Waals surface area contributed by atoms with Gasteiger partial charge in [0.15, 0.2) is 0 Å². The Balaban J connectivity index is 2.70. The number of halogens is 6. The van der Waals surface area contributed by atoms with E-state index in [4.69, 9.17) is 23.2 Å². The van der Waals surface area contributed by atoms with Gasteiger partial charge in [-0.1, -0.05) is 11.6 Å². The molecule has 1 aromatic carbocycles. The van der Waals surface area contributed by atoms with Gasteiger partial charge in [-0.2, -0.15) is 13.2 Å². The molecule has 0 aliphatic carbocycles. The van der Waals surface area contributed by atoms with E-state index in [1.807, 2.05) is 0 Å². The number of alkyl halides is 4. The van der Waals surface area contributed by atoms with Crippen LogP contribution in [0.25, 0.3) is 5.69 Å². The fraction of sp³-hybridized carbons (Fsp3) is 0.412. The number of aliphatic hydroxyl groups is 1.